The molecule has 5 heteroatoms. The Morgan fingerprint density at radius 1 is 1.25 bits per heavy atom. The first-order valence-corrected chi connectivity index (χ1v) is 7.00. The lowest BCUT2D eigenvalue weighted by Crippen LogP contribution is -2.38. The molecule has 0 radical (unpaired) electrons. The molecule has 2 amide bonds. The van der Waals surface area contributed by atoms with Gasteiger partial charge in [0.1, 0.15) is 0 Å². The van der Waals surface area contributed by atoms with Crippen molar-refractivity contribution in [2.24, 2.45) is 0 Å². The van der Waals surface area contributed by atoms with Crippen molar-refractivity contribution in [2.45, 2.75) is 25.3 Å². The van der Waals surface area contributed by atoms with Gasteiger partial charge in [0.25, 0.3) is 5.91 Å². The van der Waals surface area contributed by atoms with E-state index in [4.69, 9.17) is 0 Å². The van der Waals surface area contributed by atoms with Gasteiger partial charge in [-0.15, -0.1) is 0 Å². The van der Waals surface area contributed by atoms with E-state index in [1.165, 1.54) is 0 Å². The molecule has 5 nitrogen and oxygen atoms in total. The summed E-state index contributed by atoms with van der Waals surface area (Å²) in [5.74, 6) is -0.309. The molecular formula is C15H21N3O2. The zero-order valence-corrected chi connectivity index (χ0v) is 11.7. The van der Waals surface area contributed by atoms with Gasteiger partial charge in [0.05, 0.1) is 6.54 Å². The van der Waals surface area contributed by atoms with Crippen LogP contribution in [-0.2, 0) is 11.2 Å². The molecule has 1 aliphatic carbocycles. The van der Waals surface area contributed by atoms with Crippen molar-refractivity contribution in [3.05, 3.63) is 35.4 Å². The number of hydrogen-bond acceptors (Lipinski definition) is 3. The lowest BCUT2D eigenvalue weighted by molar-refractivity contribution is -0.120. The van der Waals surface area contributed by atoms with E-state index < -0.39 is 0 Å². The third-order valence-electron chi connectivity index (χ3n) is 3.26. The summed E-state index contributed by atoms with van der Waals surface area (Å²) >= 11 is 0. The van der Waals surface area contributed by atoms with Gasteiger partial charge in [-0.1, -0.05) is 18.2 Å². The van der Waals surface area contributed by atoms with Crippen molar-refractivity contribution < 1.29 is 9.59 Å². The van der Waals surface area contributed by atoms with E-state index in [2.05, 4.69) is 16.0 Å². The van der Waals surface area contributed by atoms with Crippen LogP contribution in [-0.4, -0.2) is 38.0 Å². The van der Waals surface area contributed by atoms with Gasteiger partial charge < -0.3 is 16.0 Å². The number of nitrogens with one attached hydrogen (secondary N) is 3. The number of hydrogen-bond donors (Lipinski definition) is 3. The number of likely N-dealkylation sites (N-methyl/N-ethyl adjacent to an activating group) is 1. The molecule has 0 bridgehead atoms. The third-order valence-corrected chi connectivity index (χ3v) is 3.26. The lowest BCUT2D eigenvalue weighted by Gasteiger charge is -2.10. The number of benzene rings is 1. The van der Waals surface area contributed by atoms with Gasteiger partial charge >= 0.3 is 0 Å². The Bertz CT molecular complexity index is 484. The molecule has 0 atom stereocenters. The Balaban J connectivity index is 1.88. The Kier molecular flexibility index (Phi) is 5.12. The van der Waals surface area contributed by atoms with Crippen molar-refractivity contribution in [1.82, 2.24) is 16.0 Å². The SMILES string of the molecule is CNCCc1ccccc1C(=O)NCC(=O)NC1CC1. The minimum Gasteiger partial charge on any atom is -0.352 e. The van der Waals surface area contributed by atoms with Gasteiger partial charge in [0.2, 0.25) is 5.91 Å². The maximum atomic E-state index is 12.1. The summed E-state index contributed by atoms with van der Waals surface area (Å²) < 4.78 is 0. The van der Waals surface area contributed by atoms with Crippen LogP contribution in [0.2, 0.25) is 0 Å². The van der Waals surface area contributed by atoms with Crippen molar-refractivity contribution in [3.8, 4) is 0 Å². The van der Waals surface area contributed by atoms with Crippen LogP contribution < -0.4 is 16.0 Å². The average Bonchev–Trinajstić information content (AvgIpc) is 3.26. The molecule has 1 aromatic carbocycles. The quantitative estimate of drug-likeness (QED) is 0.677. The second-order valence-electron chi connectivity index (χ2n) is 5.04. The number of carbonyl (C=O) groups is 2. The molecule has 0 heterocycles. The average molecular weight is 275 g/mol. The molecule has 1 aliphatic rings. The molecule has 2 rings (SSSR count). The molecule has 20 heavy (non-hydrogen) atoms. The van der Waals surface area contributed by atoms with E-state index in [0.29, 0.717) is 11.6 Å². The monoisotopic (exact) mass is 275 g/mol. The fourth-order valence-corrected chi connectivity index (χ4v) is 1.98. The van der Waals surface area contributed by atoms with E-state index in [1.807, 2.05) is 25.2 Å². The summed E-state index contributed by atoms with van der Waals surface area (Å²) in [7, 11) is 1.88. The molecule has 1 aromatic rings. The van der Waals surface area contributed by atoms with Crippen LogP contribution >= 0.6 is 0 Å². The standard InChI is InChI=1S/C15H21N3O2/c1-16-9-8-11-4-2-3-5-13(11)15(20)17-10-14(19)18-12-6-7-12/h2-5,12,16H,6-10H2,1H3,(H,17,20)(H,18,19). The summed E-state index contributed by atoms with van der Waals surface area (Å²) in [5, 5.41) is 8.59. The highest BCUT2D eigenvalue weighted by atomic mass is 16.2. The van der Waals surface area contributed by atoms with E-state index in [0.717, 1.165) is 31.4 Å². The summed E-state index contributed by atoms with van der Waals surface area (Å²) in [6.45, 7) is 0.849. The largest absolute Gasteiger partial charge is 0.352 e. The van der Waals surface area contributed by atoms with Gasteiger partial charge in [-0.2, -0.15) is 0 Å². The van der Waals surface area contributed by atoms with Gasteiger partial charge in [-0.05, 0) is 44.5 Å². The van der Waals surface area contributed by atoms with E-state index >= 15 is 0 Å². The molecule has 0 saturated heterocycles. The molecule has 0 aromatic heterocycles. The second-order valence-corrected chi connectivity index (χ2v) is 5.04. The fourth-order valence-electron chi connectivity index (χ4n) is 1.98. The van der Waals surface area contributed by atoms with Crippen molar-refractivity contribution in [1.29, 1.82) is 0 Å². The van der Waals surface area contributed by atoms with Crippen molar-refractivity contribution in [2.75, 3.05) is 20.1 Å². The minimum absolute atomic E-state index is 0.0374. The first kappa shape index (κ1) is 14.5. The van der Waals surface area contributed by atoms with Crippen molar-refractivity contribution >= 4 is 11.8 Å². The smallest absolute Gasteiger partial charge is 0.251 e. The van der Waals surface area contributed by atoms with Crippen LogP contribution in [0.3, 0.4) is 0 Å². The highest BCUT2D eigenvalue weighted by Gasteiger charge is 2.23. The summed E-state index contributed by atoms with van der Waals surface area (Å²) in [5.41, 5.74) is 1.63. The predicted octanol–water partition coefficient (Wildman–Crippen LogP) is 0.457. The predicted molar refractivity (Wildman–Crippen MR) is 77.6 cm³/mol. The zero-order chi connectivity index (χ0) is 14.4. The molecule has 1 saturated carbocycles. The Hall–Kier alpha value is -1.88. The molecular weight excluding hydrogens is 254 g/mol. The first-order chi connectivity index (χ1) is 9.70. The molecule has 108 valence electrons. The molecule has 0 spiro atoms. The normalized spacial score (nSPS) is 13.8. The summed E-state index contributed by atoms with van der Waals surface area (Å²) in [6.07, 6.45) is 2.88. The van der Waals surface area contributed by atoms with Crippen LogP contribution in [0.15, 0.2) is 24.3 Å². The maximum Gasteiger partial charge on any atom is 0.251 e. The second kappa shape index (κ2) is 7.05. The van der Waals surface area contributed by atoms with Crippen LogP contribution in [0.5, 0.6) is 0 Å². The third kappa shape index (κ3) is 4.35. The van der Waals surface area contributed by atoms with Gasteiger partial charge in [-0.3, -0.25) is 9.59 Å². The zero-order valence-electron chi connectivity index (χ0n) is 11.7. The van der Waals surface area contributed by atoms with E-state index in [-0.39, 0.29) is 18.4 Å². The topological polar surface area (TPSA) is 70.2 Å². The van der Waals surface area contributed by atoms with Crippen LogP contribution in [0.1, 0.15) is 28.8 Å². The van der Waals surface area contributed by atoms with Crippen LogP contribution in [0.25, 0.3) is 0 Å². The Labute approximate surface area is 119 Å². The summed E-state index contributed by atoms with van der Waals surface area (Å²) in [6, 6.07) is 7.81. The van der Waals surface area contributed by atoms with Gasteiger partial charge in [-0.25, -0.2) is 0 Å². The fraction of sp³-hybridized carbons (Fsp3) is 0.467. The first-order valence-electron chi connectivity index (χ1n) is 7.00. The number of carbonyl (C=O) groups excluding carboxylic acids is 2. The highest BCUT2D eigenvalue weighted by Crippen LogP contribution is 2.18. The molecule has 0 aliphatic heterocycles. The highest BCUT2D eigenvalue weighted by molar-refractivity contribution is 5.97. The van der Waals surface area contributed by atoms with Crippen LogP contribution in [0.4, 0.5) is 0 Å². The Morgan fingerprint density at radius 2 is 2.00 bits per heavy atom. The van der Waals surface area contributed by atoms with Gasteiger partial charge in [0.15, 0.2) is 0 Å². The molecule has 3 N–H and O–H groups in total. The minimum atomic E-state index is -0.192. The number of amides is 2. The number of rotatable bonds is 7. The maximum absolute atomic E-state index is 12.1. The lowest BCUT2D eigenvalue weighted by atomic mass is 10.0. The van der Waals surface area contributed by atoms with E-state index in [1.54, 1.807) is 6.07 Å². The van der Waals surface area contributed by atoms with E-state index in [9.17, 15) is 9.59 Å². The van der Waals surface area contributed by atoms with Crippen LogP contribution in [0, 0.1) is 0 Å². The Morgan fingerprint density at radius 3 is 2.70 bits per heavy atom. The summed E-state index contributed by atoms with van der Waals surface area (Å²) in [4.78, 5) is 23.7. The molecule has 0 unspecified atom stereocenters. The molecule has 1 fully saturated rings. The van der Waals surface area contributed by atoms with Gasteiger partial charge in [0, 0.05) is 11.6 Å². The van der Waals surface area contributed by atoms with Crippen molar-refractivity contribution in [3.63, 3.8) is 0 Å².